The van der Waals surface area contributed by atoms with E-state index in [2.05, 4.69) is 21.2 Å². The summed E-state index contributed by atoms with van der Waals surface area (Å²) in [6.45, 7) is 1.85. The number of ether oxygens (including phenoxy) is 1. The molecule has 0 radical (unpaired) electrons. The average Bonchev–Trinajstić information content (AvgIpc) is 2.34. The normalized spacial score (nSPS) is 12.4. The van der Waals surface area contributed by atoms with E-state index in [9.17, 15) is 4.79 Å². The van der Waals surface area contributed by atoms with Crippen LogP contribution in [0.3, 0.4) is 0 Å². The van der Waals surface area contributed by atoms with E-state index in [1.807, 2.05) is 18.2 Å². The first-order chi connectivity index (χ1) is 8.52. The molecule has 98 valence electrons. The molecule has 0 aliphatic carbocycles. The van der Waals surface area contributed by atoms with Crippen molar-refractivity contribution in [2.24, 2.45) is 0 Å². The zero-order chi connectivity index (χ0) is 13.5. The maximum Gasteiger partial charge on any atom is 0.244 e. The third-order valence-corrected chi connectivity index (χ3v) is 2.67. The zero-order valence-electron chi connectivity index (χ0n) is 10.3. The van der Waals surface area contributed by atoms with Crippen LogP contribution < -0.4 is 10.1 Å². The molecule has 1 aromatic rings. The number of carbonyl (C=O) groups is 1. The SMILES string of the molecule is COc1ccc(Br)cc1/C=C/C(=O)NC[C@@H](C)O. The molecule has 2 N–H and O–H groups in total. The van der Waals surface area contributed by atoms with Gasteiger partial charge in [0.15, 0.2) is 0 Å². The van der Waals surface area contributed by atoms with E-state index >= 15 is 0 Å². The minimum absolute atomic E-state index is 0.235. The summed E-state index contributed by atoms with van der Waals surface area (Å²) in [4.78, 5) is 11.4. The van der Waals surface area contributed by atoms with Crippen LogP contribution >= 0.6 is 15.9 Å². The summed E-state index contributed by atoms with van der Waals surface area (Å²) < 4.78 is 6.10. The first-order valence-corrected chi connectivity index (χ1v) is 6.29. The topological polar surface area (TPSA) is 58.6 Å². The predicted octanol–water partition coefficient (Wildman–Crippen LogP) is 1.97. The minimum atomic E-state index is -0.553. The van der Waals surface area contributed by atoms with E-state index in [1.54, 1.807) is 20.1 Å². The summed E-state index contributed by atoms with van der Waals surface area (Å²) >= 11 is 3.36. The first-order valence-electron chi connectivity index (χ1n) is 5.50. The molecule has 0 aliphatic rings. The molecule has 0 heterocycles. The zero-order valence-corrected chi connectivity index (χ0v) is 11.9. The van der Waals surface area contributed by atoms with Crippen LogP contribution in [0.5, 0.6) is 5.75 Å². The molecule has 1 amide bonds. The van der Waals surface area contributed by atoms with Crippen LogP contribution in [0.4, 0.5) is 0 Å². The van der Waals surface area contributed by atoms with Gasteiger partial charge < -0.3 is 15.2 Å². The number of aliphatic hydroxyl groups is 1. The lowest BCUT2D eigenvalue weighted by Gasteiger charge is -2.06. The molecule has 0 unspecified atom stereocenters. The van der Waals surface area contributed by atoms with E-state index in [-0.39, 0.29) is 12.5 Å². The molecule has 0 aliphatic heterocycles. The predicted molar refractivity (Wildman–Crippen MR) is 74.4 cm³/mol. The van der Waals surface area contributed by atoms with Gasteiger partial charge in [0.05, 0.1) is 13.2 Å². The molecule has 4 nitrogen and oxygen atoms in total. The van der Waals surface area contributed by atoms with E-state index in [0.29, 0.717) is 5.75 Å². The molecular formula is C13H16BrNO3. The van der Waals surface area contributed by atoms with E-state index in [4.69, 9.17) is 9.84 Å². The quantitative estimate of drug-likeness (QED) is 0.817. The maximum atomic E-state index is 11.4. The van der Waals surface area contributed by atoms with Crippen molar-refractivity contribution in [3.05, 3.63) is 34.3 Å². The highest BCUT2D eigenvalue weighted by Gasteiger charge is 2.02. The molecule has 5 heteroatoms. The Labute approximate surface area is 115 Å². The van der Waals surface area contributed by atoms with Gasteiger partial charge in [-0.2, -0.15) is 0 Å². The van der Waals surface area contributed by atoms with Crippen molar-refractivity contribution in [2.75, 3.05) is 13.7 Å². The van der Waals surface area contributed by atoms with Gasteiger partial charge in [0, 0.05) is 22.7 Å². The fourth-order valence-corrected chi connectivity index (χ4v) is 1.69. The van der Waals surface area contributed by atoms with Gasteiger partial charge in [0.2, 0.25) is 5.91 Å². The summed E-state index contributed by atoms with van der Waals surface area (Å²) in [5.41, 5.74) is 0.805. The van der Waals surface area contributed by atoms with Gasteiger partial charge in [-0.05, 0) is 31.2 Å². The van der Waals surface area contributed by atoms with Crippen LogP contribution in [0.2, 0.25) is 0 Å². The average molecular weight is 314 g/mol. The highest BCUT2D eigenvalue weighted by Crippen LogP contribution is 2.23. The number of benzene rings is 1. The smallest absolute Gasteiger partial charge is 0.244 e. The van der Waals surface area contributed by atoms with Crippen molar-refractivity contribution >= 4 is 27.9 Å². The molecular weight excluding hydrogens is 298 g/mol. The van der Waals surface area contributed by atoms with E-state index in [1.165, 1.54) is 6.08 Å². The number of hydrogen-bond donors (Lipinski definition) is 2. The van der Waals surface area contributed by atoms with E-state index < -0.39 is 6.10 Å². The van der Waals surface area contributed by atoms with Crippen molar-refractivity contribution in [1.29, 1.82) is 0 Å². The lowest BCUT2D eigenvalue weighted by atomic mass is 10.2. The Hall–Kier alpha value is -1.33. The number of aliphatic hydroxyl groups excluding tert-OH is 1. The minimum Gasteiger partial charge on any atom is -0.496 e. The summed E-state index contributed by atoms with van der Waals surface area (Å²) in [5.74, 6) is 0.440. The Balaban J connectivity index is 2.71. The molecule has 0 bridgehead atoms. The fourth-order valence-electron chi connectivity index (χ4n) is 1.31. The third kappa shape index (κ3) is 4.89. The number of hydrogen-bond acceptors (Lipinski definition) is 3. The van der Waals surface area contributed by atoms with Crippen molar-refractivity contribution in [3.63, 3.8) is 0 Å². The van der Waals surface area contributed by atoms with Crippen LogP contribution in [-0.4, -0.2) is 30.8 Å². The summed E-state index contributed by atoms with van der Waals surface area (Å²) in [5, 5.41) is 11.6. The van der Waals surface area contributed by atoms with Crippen molar-refractivity contribution in [3.8, 4) is 5.75 Å². The molecule has 0 fully saturated rings. The Bertz CT molecular complexity index is 444. The van der Waals surface area contributed by atoms with Crippen LogP contribution in [0.25, 0.3) is 6.08 Å². The monoisotopic (exact) mass is 313 g/mol. The summed E-state index contributed by atoms with van der Waals surface area (Å²) in [7, 11) is 1.58. The Morgan fingerprint density at radius 3 is 2.94 bits per heavy atom. The van der Waals surface area contributed by atoms with Gasteiger partial charge in [-0.3, -0.25) is 4.79 Å². The Morgan fingerprint density at radius 2 is 2.33 bits per heavy atom. The maximum absolute atomic E-state index is 11.4. The number of nitrogens with one attached hydrogen (secondary N) is 1. The molecule has 0 aromatic heterocycles. The largest absolute Gasteiger partial charge is 0.496 e. The number of rotatable bonds is 5. The lowest BCUT2D eigenvalue weighted by Crippen LogP contribution is -2.28. The van der Waals surface area contributed by atoms with Gasteiger partial charge in [0.25, 0.3) is 0 Å². The fraction of sp³-hybridized carbons (Fsp3) is 0.308. The van der Waals surface area contributed by atoms with Gasteiger partial charge in [-0.15, -0.1) is 0 Å². The lowest BCUT2D eigenvalue weighted by molar-refractivity contribution is -0.116. The van der Waals surface area contributed by atoms with Crippen LogP contribution in [0.15, 0.2) is 28.7 Å². The molecule has 1 aromatic carbocycles. The number of halogens is 1. The highest BCUT2D eigenvalue weighted by atomic mass is 79.9. The summed E-state index contributed by atoms with van der Waals surface area (Å²) in [6, 6.07) is 5.54. The first kappa shape index (κ1) is 14.7. The molecule has 18 heavy (non-hydrogen) atoms. The number of carbonyl (C=O) groups excluding carboxylic acids is 1. The highest BCUT2D eigenvalue weighted by molar-refractivity contribution is 9.10. The number of amides is 1. The van der Waals surface area contributed by atoms with Gasteiger partial charge in [0.1, 0.15) is 5.75 Å². The molecule has 1 rings (SSSR count). The van der Waals surface area contributed by atoms with Crippen molar-refractivity contribution in [1.82, 2.24) is 5.32 Å². The third-order valence-electron chi connectivity index (χ3n) is 2.18. The van der Waals surface area contributed by atoms with Crippen LogP contribution in [0.1, 0.15) is 12.5 Å². The molecule has 0 saturated heterocycles. The Kier molecular flexibility index (Phi) is 5.88. The molecule has 0 saturated carbocycles. The second kappa shape index (κ2) is 7.18. The standard InChI is InChI=1S/C13H16BrNO3/c1-9(16)8-15-13(17)6-3-10-7-11(14)4-5-12(10)18-2/h3-7,9,16H,8H2,1-2H3,(H,15,17)/b6-3+/t9-/m1/s1. The second-order valence-electron chi connectivity index (χ2n) is 3.81. The van der Waals surface area contributed by atoms with Gasteiger partial charge in [-0.25, -0.2) is 0 Å². The Morgan fingerprint density at radius 1 is 1.61 bits per heavy atom. The summed E-state index contributed by atoms with van der Waals surface area (Å²) in [6.07, 6.45) is 2.52. The molecule has 1 atom stereocenters. The van der Waals surface area contributed by atoms with Crippen LogP contribution in [-0.2, 0) is 4.79 Å². The number of methoxy groups -OCH3 is 1. The molecule has 0 spiro atoms. The van der Waals surface area contributed by atoms with Crippen molar-refractivity contribution < 1.29 is 14.6 Å². The van der Waals surface area contributed by atoms with Gasteiger partial charge >= 0.3 is 0 Å². The van der Waals surface area contributed by atoms with Crippen molar-refractivity contribution in [2.45, 2.75) is 13.0 Å². The van der Waals surface area contributed by atoms with E-state index in [0.717, 1.165) is 10.0 Å². The van der Waals surface area contributed by atoms with Crippen LogP contribution in [0, 0.1) is 0 Å². The second-order valence-corrected chi connectivity index (χ2v) is 4.73. The van der Waals surface area contributed by atoms with Gasteiger partial charge in [-0.1, -0.05) is 15.9 Å².